The number of nitrogens with zero attached hydrogens (tertiary/aromatic N) is 1. The van der Waals surface area contributed by atoms with Crippen molar-refractivity contribution < 1.29 is 5.11 Å². The Morgan fingerprint density at radius 2 is 2.21 bits per heavy atom. The second-order valence-electron chi connectivity index (χ2n) is 2.92. The Balaban J connectivity index is 2.80. The average molecular weight is 221 g/mol. The quantitative estimate of drug-likeness (QED) is 0.727. The summed E-state index contributed by atoms with van der Waals surface area (Å²) in [6, 6.07) is 7.62. The Hall–Kier alpha value is -1.02. The molecule has 0 aliphatic rings. The molecule has 1 aromatic carbocycles. The topological polar surface area (TPSA) is 44.0 Å². The van der Waals surface area contributed by atoms with Crippen LogP contribution in [0.25, 0.3) is 10.1 Å². The van der Waals surface area contributed by atoms with E-state index in [4.69, 9.17) is 10.4 Å². The Morgan fingerprint density at radius 1 is 1.43 bits per heavy atom. The fraction of sp³-hybridized carbons (Fsp3) is 0.100. The summed E-state index contributed by atoms with van der Waals surface area (Å²) in [6.07, 6.45) is 0. The van der Waals surface area contributed by atoms with Crippen molar-refractivity contribution in [3.8, 4) is 6.07 Å². The third-order valence-corrected chi connectivity index (χ3v) is 3.36. The van der Waals surface area contributed by atoms with Crippen molar-refractivity contribution in [1.29, 1.82) is 5.26 Å². The number of aliphatic hydroxyl groups is 1. The van der Waals surface area contributed by atoms with Gasteiger partial charge in [0.25, 0.3) is 0 Å². The highest BCUT2D eigenvalue weighted by Gasteiger charge is 2.06. The maximum absolute atomic E-state index is 9.00. The molecule has 0 radical (unpaired) electrons. The van der Waals surface area contributed by atoms with Gasteiger partial charge in [-0.25, -0.2) is 0 Å². The largest absolute Gasteiger partial charge is 0.392 e. The third kappa shape index (κ3) is 1.50. The van der Waals surface area contributed by atoms with E-state index in [0.717, 1.165) is 19.9 Å². The molecule has 0 amide bonds. The molecule has 0 fully saturated rings. The van der Waals surface area contributed by atoms with E-state index in [1.54, 1.807) is 6.07 Å². The second-order valence-corrected chi connectivity index (χ2v) is 4.75. The van der Waals surface area contributed by atoms with Gasteiger partial charge in [0.1, 0.15) is 6.07 Å². The summed E-state index contributed by atoms with van der Waals surface area (Å²) in [5, 5.41) is 18.9. The smallest absolute Gasteiger partial charge is 0.101 e. The number of aliphatic hydroxyl groups excluding tert-OH is 1. The molecule has 0 aliphatic carbocycles. The molecule has 70 valence electrons. The zero-order valence-corrected chi connectivity index (χ0v) is 8.90. The predicted octanol–water partition coefficient (Wildman–Crippen LogP) is 2.55. The number of thiophene rings is 1. The van der Waals surface area contributed by atoms with Crippen LogP contribution < -0.4 is 0 Å². The zero-order valence-electron chi connectivity index (χ0n) is 7.19. The first-order valence-electron chi connectivity index (χ1n) is 4.01. The first-order chi connectivity index (χ1) is 6.74. The van der Waals surface area contributed by atoms with Crippen LogP contribution in [0.2, 0.25) is 0 Å². The Labute approximate surface area is 90.8 Å². The number of rotatable bonds is 1. The molecule has 0 atom stereocenters. The molecular formula is C10H7NOS2. The normalized spacial score (nSPS) is 10.4. The minimum Gasteiger partial charge on any atom is -0.392 e. The van der Waals surface area contributed by atoms with Crippen molar-refractivity contribution in [3.05, 3.63) is 29.3 Å². The lowest BCUT2D eigenvalue weighted by Gasteiger charge is -1.97. The van der Waals surface area contributed by atoms with Gasteiger partial charge in [-0.3, -0.25) is 0 Å². The number of nitriles is 1. The molecule has 4 heteroatoms. The second kappa shape index (κ2) is 3.62. The van der Waals surface area contributed by atoms with Gasteiger partial charge in [-0.2, -0.15) is 5.26 Å². The summed E-state index contributed by atoms with van der Waals surface area (Å²) in [5.74, 6) is 0. The maximum Gasteiger partial charge on any atom is 0.101 e. The SMILES string of the molecule is N#Cc1cc(CO)cc2cc(S)sc12. The van der Waals surface area contributed by atoms with Crippen LogP contribution in [-0.2, 0) is 6.61 Å². The maximum atomic E-state index is 9.00. The first-order valence-corrected chi connectivity index (χ1v) is 5.27. The zero-order chi connectivity index (χ0) is 10.1. The predicted molar refractivity (Wildman–Crippen MR) is 59.7 cm³/mol. The van der Waals surface area contributed by atoms with E-state index in [0.29, 0.717) is 5.56 Å². The van der Waals surface area contributed by atoms with Gasteiger partial charge < -0.3 is 5.11 Å². The number of benzene rings is 1. The van der Waals surface area contributed by atoms with Crippen LogP contribution in [0.4, 0.5) is 0 Å². The molecule has 0 aliphatic heterocycles. The summed E-state index contributed by atoms with van der Waals surface area (Å²) >= 11 is 5.72. The van der Waals surface area contributed by atoms with E-state index < -0.39 is 0 Å². The van der Waals surface area contributed by atoms with Crippen molar-refractivity contribution in [1.82, 2.24) is 0 Å². The Bertz CT molecular complexity index is 525. The lowest BCUT2D eigenvalue weighted by atomic mass is 10.1. The van der Waals surface area contributed by atoms with E-state index in [2.05, 4.69) is 18.7 Å². The standard InChI is InChI=1S/C10H7NOS2/c11-4-8-2-6(5-12)1-7-3-9(13)14-10(7)8/h1-3,12-13H,5H2. The number of thiol groups is 1. The molecule has 0 spiro atoms. The molecule has 2 rings (SSSR count). The number of hydrogen-bond donors (Lipinski definition) is 2. The van der Waals surface area contributed by atoms with Gasteiger partial charge in [-0.1, -0.05) is 0 Å². The average Bonchev–Trinajstić information content (AvgIpc) is 2.56. The van der Waals surface area contributed by atoms with E-state index >= 15 is 0 Å². The van der Waals surface area contributed by atoms with Crippen LogP contribution in [0, 0.1) is 11.3 Å². The van der Waals surface area contributed by atoms with Crippen LogP contribution in [0.3, 0.4) is 0 Å². The summed E-state index contributed by atoms with van der Waals surface area (Å²) < 4.78 is 1.82. The fourth-order valence-corrected chi connectivity index (χ4v) is 2.63. The molecule has 2 aromatic rings. The highest BCUT2D eigenvalue weighted by atomic mass is 32.2. The van der Waals surface area contributed by atoms with Gasteiger partial charge in [0.15, 0.2) is 0 Å². The molecule has 2 nitrogen and oxygen atoms in total. The molecule has 0 saturated heterocycles. The monoisotopic (exact) mass is 221 g/mol. The van der Waals surface area contributed by atoms with Crippen LogP contribution in [0.1, 0.15) is 11.1 Å². The molecule has 14 heavy (non-hydrogen) atoms. The van der Waals surface area contributed by atoms with Crippen molar-refractivity contribution in [3.63, 3.8) is 0 Å². The molecule has 1 heterocycles. The van der Waals surface area contributed by atoms with Crippen LogP contribution in [0.5, 0.6) is 0 Å². The van der Waals surface area contributed by atoms with Crippen molar-refractivity contribution in [2.24, 2.45) is 0 Å². The van der Waals surface area contributed by atoms with Gasteiger partial charge in [-0.15, -0.1) is 24.0 Å². The highest BCUT2D eigenvalue weighted by molar-refractivity contribution is 7.83. The third-order valence-electron chi connectivity index (χ3n) is 1.97. The van der Waals surface area contributed by atoms with Gasteiger partial charge in [0.2, 0.25) is 0 Å². The van der Waals surface area contributed by atoms with Gasteiger partial charge in [0, 0.05) is 0 Å². The molecule has 1 aromatic heterocycles. The summed E-state index contributed by atoms with van der Waals surface area (Å²) in [6.45, 7) is -0.0393. The van der Waals surface area contributed by atoms with Crippen LogP contribution >= 0.6 is 24.0 Å². The van der Waals surface area contributed by atoms with Gasteiger partial charge in [-0.05, 0) is 29.1 Å². The molecule has 0 unspecified atom stereocenters. The summed E-state index contributed by atoms with van der Waals surface area (Å²) in [5.41, 5.74) is 1.37. The van der Waals surface area contributed by atoms with Crippen molar-refractivity contribution in [2.75, 3.05) is 0 Å². The molecule has 1 N–H and O–H groups in total. The summed E-state index contributed by atoms with van der Waals surface area (Å²) in [7, 11) is 0. The molecule has 0 bridgehead atoms. The van der Waals surface area contributed by atoms with E-state index in [-0.39, 0.29) is 6.61 Å². The minimum absolute atomic E-state index is 0.0393. The van der Waals surface area contributed by atoms with Crippen LogP contribution in [0.15, 0.2) is 22.4 Å². The highest BCUT2D eigenvalue weighted by Crippen LogP contribution is 2.31. The number of hydrogen-bond acceptors (Lipinski definition) is 4. The van der Waals surface area contributed by atoms with Gasteiger partial charge >= 0.3 is 0 Å². The lowest BCUT2D eigenvalue weighted by molar-refractivity contribution is 0.282. The van der Waals surface area contributed by atoms with Crippen molar-refractivity contribution in [2.45, 2.75) is 10.8 Å². The molecule has 0 saturated carbocycles. The van der Waals surface area contributed by atoms with Gasteiger partial charge in [0.05, 0.1) is 21.1 Å². The Kier molecular flexibility index (Phi) is 2.46. The number of fused-ring (bicyclic) bond motifs is 1. The van der Waals surface area contributed by atoms with Crippen molar-refractivity contribution >= 4 is 34.1 Å². The lowest BCUT2D eigenvalue weighted by Crippen LogP contribution is -1.84. The molecular weight excluding hydrogens is 214 g/mol. The first kappa shape index (κ1) is 9.53. The van der Waals surface area contributed by atoms with E-state index in [9.17, 15) is 0 Å². The fourth-order valence-electron chi connectivity index (χ4n) is 1.38. The minimum atomic E-state index is -0.0393. The Morgan fingerprint density at radius 3 is 2.86 bits per heavy atom. The van der Waals surface area contributed by atoms with E-state index in [1.807, 2.05) is 12.1 Å². The van der Waals surface area contributed by atoms with E-state index in [1.165, 1.54) is 11.3 Å². The summed E-state index contributed by atoms with van der Waals surface area (Å²) in [4.78, 5) is 0. The van der Waals surface area contributed by atoms with Crippen LogP contribution in [-0.4, -0.2) is 5.11 Å².